The van der Waals surface area contributed by atoms with Gasteiger partial charge in [-0.2, -0.15) is 0 Å². The third kappa shape index (κ3) is 9.27. The molecule has 0 aliphatic heterocycles. The first-order chi connectivity index (χ1) is 11.7. The van der Waals surface area contributed by atoms with Crippen LogP contribution in [0.2, 0.25) is 0 Å². The number of hydrogen-bond donors (Lipinski definition) is 1. The minimum absolute atomic E-state index is 0.223. The minimum Gasteiger partial charge on any atom is -0.396 e. The van der Waals surface area contributed by atoms with E-state index < -0.39 is 0 Å². The fourth-order valence-electron chi connectivity index (χ4n) is 2.85. The Morgan fingerprint density at radius 3 is 2.21 bits per heavy atom. The highest BCUT2D eigenvalue weighted by Gasteiger charge is 2.12. The second-order valence-corrected chi connectivity index (χ2v) is 5.70. The number of rotatable bonds is 8. The molecule has 1 rings (SSSR count). The van der Waals surface area contributed by atoms with E-state index in [1.165, 1.54) is 47.9 Å². The van der Waals surface area contributed by atoms with Crippen molar-refractivity contribution in [2.45, 2.75) is 87.5 Å². The molecule has 1 atom stereocenters. The molecule has 0 fully saturated rings. The van der Waals surface area contributed by atoms with Gasteiger partial charge in [-0.3, -0.25) is 0 Å². The first kappa shape index (κ1) is 25.2. The molecule has 1 nitrogen and oxygen atoms in total. The maximum absolute atomic E-state index is 9.11. The zero-order valence-corrected chi connectivity index (χ0v) is 17.6. The maximum atomic E-state index is 9.11. The van der Waals surface area contributed by atoms with Crippen LogP contribution in [-0.2, 0) is 6.42 Å². The largest absolute Gasteiger partial charge is 0.396 e. The van der Waals surface area contributed by atoms with Crippen LogP contribution in [0.1, 0.15) is 90.8 Å². The molecule has 0 bridgehead atoms. The van der Waals surface area contributed by atoms with Crippen LogP contribution in [0.15, 0.2) is 24.3 Å². The van der Waals surface area contributed by atoms with Crippen molar-refractivity contribution in [2.24, 2.45) is 5.92 Å². The van der Waals surface area contributed by atoms with E-state index in [4.69, 9.17) is 5.11 Å². The van der Waals surface area contributed by atoms with Crippen molar-refractivity contribution in [3.63, 3.8) is 0 Å². The van der Waals surface area contributed by atoms with Crippen LogP contribution >= 0.6 is 0 Å². The second kappa shape index (κ2) is 16.8. The molecule has 0 saturated heterocycles. The quantitative estimate of drug-likeness (QED) is 0.533. The third-order valence-corrected chi connectivity index (χ3v) is 4.18. The van der Waals surface area contributed by atoms with Crippen LogP contribution in [0.4, 0.5) is 0 Å². The first-order valence-electron chi connectivity index (χ1n) is 10.0. The minimum atomic E-state index is 0.223. The van der Waals surface area contributed by atoms with Crippen LogP contribution in [0, 0.1) is 12.8 Å². The lowest BCUT2D eigenvalue weighted by Gasteiger charge is -2.18. The lowest BCUT2D eigenvalue weighted by molar-refractivity contribution is 0.299. The molecular formula is C23H42O. The lowest BCUT2D eigenvalue weighted by Crippen LogP contribution is -2.02. The van der Waals surface area contributed by atoms with Gasteiger partial charge in [0.05, 0.1) is 0 Å². The Morgan fingerprint density at radius 1 is 1.12 bits per heavy atom. The molecule has 0 aromatic heterocycles. The zero-order chi connectivity index (χ0) is 19.0. The number of allylic oxidation sites excluding steroid dienone is 2. The van der Waals surface area contributed by atoms with E-state index in [0.717, 1.165) is 12.3 Å². The number of aliphatic hydroxyl groups is 1. The molecule has 1 aromatic rings. The molecule has 1 N–H and O–H groups in total. The summed E-state index contributed by atoms with van der Waals surface area (Å²) in [5, 5.41) is 9.11. The van der Waals surface area contributed by atoms with Crippen molar-refractivity contribution in [3.8, 4) is 0 Å². The summed E-state index contributed by atoms with van der Waals surface area (Å²) in [5.41, 5.74) is 5.40. The second-order valence-electron chi connectivity index (χ2n) is 5.70. The molecule has 0 heterocycles. The molecule has 140 valence electrons. The monoisotopic (exact) mass is 334 g/mol. The summed E-state index contributed by atoms with van der Waals surface area (Å²) < 4.78 is 0. The van der Waals surface area contributed by atoms with Gasteiger partial charge in [-0.15, -0.1) is 0 Å². The van der Waals surface area contributed by atoms with Crippen molar-refractivity contribution in [2.75, 3.05) is 6.61 Å². The molecule has 0 aliphatic rings. The van der Waals surface area contributed by atoms with E-state index >= 15 is 0 Å². The normalized spacial score (nSPS) is 11.8. The molecule has 0 radical (unpaired) electrons. The standard InChI is InChI=1S/C19H30O.2C2H6/c1-5-8-16(6-2)13-18(7-3)19-14-17(11-12-20)10-9-15(19)4;2*1-2/h7,9-10,14,16,20H,5-6,8,11-13H2,1-4H3;2*1-2H3/b18-7-;;/t16-;;/m1../s1. The van der Waals surface area contributed by atoms with Crippen LogP contribution < -0.4 is 0 Å². The summed E-state index contributed by atoms with van der Waals surface area (Å²) in [6.07, 6.45) is 8.01. The van der Waals surface area contributed by atoms with Gasteiger partial charge in [-0.1, -0.05) is 85.1 Å². The van der Waals surface area contributed by atoms with E-state index in [-0.39, 0.29) is 6.61 Å². The summed E-state index contributed by atoms with van der Waals surface area (Å²) in [6.45, 7) is 17.1. The molecule has 1 heteroatoms. The average molecular weight is 335 g/mol. The van der Waals surface area contributed by atoms with Gasteiger partial charge in [0.15, 0.2) is 0 Å². The van der Waals surface area contributed by atoms with Gasteiger partial charge in [-0.25, -0.2) is 0 Å². The Labute approximate surface area is 152 Å². The number of aryl methyl sites for hydroxylation is 1. The van der Waals surface area contributed by atoms with Crippen LogP contribution in [-0.4, -0.2) is 11.7 Å². The molecule has 0 spiro atoms. The topological polar surface area (TPSA) is 20.2 Å². The Kier molecular flexibility index (Phi) is 17.6. The molecule has 0 unspecified atom stereocenters. The molecular weight excluding hydrogens is 292 g/mol. The van der Waals surface area contributed by atoms with E-state index in [2.05, 4.69) is 52.0 Å². The summed E-state index contributed by atoms with van der Waals surface area (Å²) in [6, 6.07) is 6.58. The summed E-state index contributed by atoms with van der Waals surface area (Å²) >= 11 is 0. The highest BCUT2D eigenvalue weighted by Crippen LogP contribution is 2.29. The van der Waals surface area contributed by atoms with Gasteiger partial charge in [0.1, 0.15) is 0 Å². The van der Waals surface area contributed by atoms with Gasteiger partial charge < -0.3 is 5.11 Å². The highest BCUT2D eigenvalue weighted by molar-refractivity contribution is 5.68. The number of hydrogen-bond acceptors (Lipinski definition) is 1. The average Bonchev–Trinajstić information content (AvgIpc) is 2.64. The molecule has 0 amide bonds. The van der Waals surface area contributed by atoms with Crippen molar-refractivity contribution < 1.29 is 5.11 Å². The van der Waals surface area contributed by atoms with E-state index in [0.29, 0.717) is 0 Å². The van der Waals surface area contributed by atoms with Gasteiger partial charge in [-0.05, 0) is 54.9 Å². The van der Waals surface area contributed by atoms with E-state index in [1.54, 1.807) is 0 Å². The Morgan fingerprint density at radius 2 is 1.75 bits per heavy atom. The van der Waals surface area contributed by atoms with Crippen molar-refractivity contribution >= 4 is 5.57 Å². The van der Waals surface area contributed by atoms with Gasteiger partial charge >= 0.3 is 0 Å². The number of benzene rings is 1. The van der Waals surface area contributed by atoms with Gasteiger partial charge in [0.2, 0.25) is 0 Å². The third-order valence-electron chi connectivity index (χ3n) is 4.18. The fraction of sp³-hybridized carbons (Fsp3) is 0.652. The highest BCUT2D eigenvalue weighted by atomic mass is 16.2. The maximum Gasteiger partial charge on any atom is 0.0471 e. The summed E-state index contributed by atoms with van der Waals surface area (Å²) in [5.74, 6) is 0.784. The Balaban J connectivity index is 0. The van der Waals surface area contributed by atoms with E-state index in [9.17, 15) is 0 Å². The SMILES string of the molecule is C/C=C(/C[C@H](CC)CCC)c1cc(CCO)ccc1C.CC.CC. The van der Waals surface area contributed by atoms with Crippen LogP contribution in [0.5, 0.6) is 0 Å². The van der Waals surface area contributed by atoms with Crippen molar-refractivity contribution in [3.05, 3.63) is 41.0 Å². The van der Waals surface area contributed by atoms with Gasteiger partial charge in [0, 0.05) is 6.61 Å². The first-order valence-corrected chi connectivity index (χ1v) is 10.0. The lowest BCUT2D eigenvalue weighted by atomic mass is 9.87. The van der Waals surface area contributed by atoms with E-state index in [1.807, 2.05) is 27.7 Å². The molecule has 0 saturated carbocycles. The zero-order valence-electron chi connectivity index (χ0n) is 17.6. The Hall–Kier alpha value is -1.08. The van der Waals surface area contributed by atoms with Crippen molar-refractivity contribution in [1.82, 2.24) is 0 Å². The molecule has 0 aliphatic carbocycles. The molecule has 1 aromatic carbocycles. The smallest absolute Gasteiger partial charge is 0.0471 e. The van der Waals surface area contributed by atoms with Crippen LogP contribution in [0.25, 0.3) is 5.57 Å². The summed E-state index contributed by atoms with van der Waals surface area (Å²) in [4.78, 5) is 0. The van der Waals surface area contributed by atoms with Gasteiger partial charge in [0.25, 0.3) is 0 Å². The molecule has 24 heavy (non-hydrogen) atoms. The van der Waals surface area contributed by atoms with Crippen molar-refractivity contribution in [1.29, 1.82) is 0 Å². The predicted molar refractivity (Wildman–Crippen MR) is 112 cm³/mol. The number of aliphatic hydroxyl groups excluding tert-OH is 1. The summed E-state index contributed by atoms with van der Waals surface area (Å²) in [7, 11) is 0. The fourth-order valence-corrected chi connectivity index (χ4v) is 2.85. The Bertz CT molecular complexity index is 432. The van der Waals surface area contributed by atoms with Crippen LogP contribution in [0.3, 0.4) is 0 Å². The predicted octanol–water partition coefficient (Wildman–Crippen LogP) is 7.20.